The van der Waals surface area contributed by atoms with Crippen molar-refractivity contribution in [1.82, 2.24) is 5.32 Å². The molecule has 0 heterocycles. The molecule has 3 aliphatic carbocycles. The fourth-order valence-corrected chi connectivity index (χ4v) is 8.66. The maximum Gasteiger partial charge on any atom is 0.305 e. The fourth-order valence-electron chi connectivity index (χ4n) is 8.66. The van der Waals surface area contributed by atoms with Crippen LogP contribution in [0.5, 0.6) is 0 Å². The number of carbonyl (C=O) groups excluding carboxylic acids is 1. The summed E-state index contributed by atoms with van der Waals surface area (Å²) in [5.74, 6) is 3.67. The van der Waals surface area contributed by atoms with Crippen LogP contribution in [0.2, 0.25) is 0 Å². The van der Waals surface area contributed by atoms with E-state index >= 15 is 0 Å². The van der Waals surface area contributed by atoms with Crippen LogP contribution in [0.4, 0.5) is 0 Å². The first-order chi connectivity index (χ1) is 18.8. The van der Waals surface area contributed by atoms with Crippen molar-refractivity contribution in [3.63, 3.8) is 0 Å². The molecular weight excluding hydrogens is 486 g/mol. The smallest absolute Gasteiger partial charge is 0.305 e. The number of aliphatic imine (C=N–C) groups is 1. The first-order valence-corrected chi connectivity index (χ1v) is 16.5. The van der Waals surface area contributed by atoms with Gasteiger partial charge in [0.2, 0.25) is 0 Å². The summed E-state index contributed by atoms with van der Waals surface area (Å²) < 4.78 is 4.87. The third-order valence-electron chi connectivity index (χ3n) is 11.2. The number of methoxy groups -OCH3 is 1. The van der Waals surface area contributed by atoms with Crippen LogP contribution >= 0.6 is 0 Å². The average molecular weight is 548 g/mol. The molecule has 0 aromatic heterocycles. The van der Waals surface area contributed by atoms with Gasteiger partial charge in [0.05, 0.1) is 13.2 Å². The lowest BCUT2D eigenvalue weighted by atomic mass is 9.47. The number of nitrogens with two attached hydrogens (primary N) is 1. The molecule has 4 N–H and O–H groups in total. The summed E-state index contributed by atoms with van der Waals surface area (Å²) in [6, 6.07) is 0. The van der Waals surface area contributed by atoms with Crippen molar-refractivity contribution in [2.24, 2.45) is 51.6 Å². The lowest BCUT2D eigenvalue weighted by molar-refractivity contribution is -0.141. The van der Waals surface area contributed by atoms with Crippen molar-refractivity contribution in [1.29, 1.82) is 0 Å². The summed E-state index contributed by atoms with van der Waals surface area (Å²) in [5, 5.41) is 15.0. The third-order valence-corrected chi connectivity index (χ3v) is 11.2. The minimum atomic E-state index is -0.187. The molecule has 0 amide bonds. The fraction of sp³-hybridized carbons (Fsp3) is 0.939. The SMILES string of the molecule is CCC(CCC1CCCC2C1CC(O)C1CC(=NCCCNCCCCN)CCC12C)C(C)CCC(=O)OC. The zero-order valence-electron chi connectivity index (χ0n) is 25.8. The van der Waals surface area contributed by atoms with E-state index in [1.165, 1.54) is 57.8 Å². The zero-order chi connectivity index (χ0) is 28.3. The first-order valence-electron chi connectivity index (χ1n) is 16.5. The Labute approximate surface area is 239 Å². The van der Waals surface area contributed by atoms with Gasteiger partial charge in [0.15, 0.2) is 0 Å². The Morgan fingerprint density at radius 2 is 2.00 bits per heavy atom. The van der Waals surface area contributed by atoms with E-state index in [9.17, 15) is 9.90 Å². The summed E-state index contributed by atoms with van der Waals surface area (Å²) in [6.45, 7) is 10.9. The maximum atomic E-state index is 11.6. The molecule has 6 heteroatoms. The summed E-state index contributed by atoms with van der Waals surface area (Å²) >= 11 is 0. The number of ether oxygens (including phenoxy) is 1. The van der Waals surface area contributed by atoms with Gasteiger partial charge in [0, 0.05) is 18.7 Å². The molecule has 226 valence electrons. The summed E-state index contributed by atoms with van der Waals surface area (Å²) in [5.41, 5.74) is 7.18. The Bertz CT molecular complexity index is 758. The number of hydrogen-bond acceptors (Lipinski definition) is 6. The predicted octanol–water partition coefficient (Wildman–Crippen LogP) is 6.15. The molecule has 3 rings (SSSR count). The van der Waals surface area contributed by atoms with Crippen LogP contribution in [0.3, 0.4) is 0 Å². The monoisotopic (exact) mass is 547 g/mol. The van der Waals surface area contributed by atoms with Crippen molar-refractivity contribution in [2.75, 3.05) is 33.3 Å². The van der Waals surface area contributed by atoms with E-state index < -0.39 is 0 Å². The highest BCUT2D eigenvalue weighted by atomic mass is 16.5. The largest absolute Gasteiger partial charge is 0.469 e. The van der Waals surface area contributed by atoms with Crippen LogP contribution in [-0.4, -0.2) is 56.2 Å². The van der Waals surface area contributed by atoms with Gasteiger partial charge in [-0.3, -0.25) is 9.79 Å². The van der Waals surface area contributed by atoms with E-state index in [-0.39, 0.29) is 17.5 Å². The number of fused-ring (bicyclic) bond motifs is 3. The average Bonchev–Trinajstić information content (AvgIpc) is 2.94. The van der Waals surface area contributed by atoms with Crippen molar-refractivity contribution >= 4 is 11.7 Å². The Morgan fingerprint density at radius 3 is 2.74 bits per heavy atom. The molecule has 6 nitrogen and oxygen atoms in total. The summed E-state index contributed by atoms with van der Waals surface area (Å²) in [4.78, 5) is 16.7. The molecule has 8 unspecified atom stereocenters. The van der Waals surface area contributed by atoms with Crippen molar-refractivity contribution in [3.8, 4) is 0 Å². The van der Waals surface area contributed by atoms with Gasteiger partial charge in [-0.15, -0.1) is 0 Å². The van der Waals surface area contributed by atoms with Crippen LogP contribution in [0, 0.1) is 40.9 Å². The topological polar surface area (TPSA) is 96.9 Å². The Kier molecular flexibility index (Phi) is 13.7. The highest BCUT2D eigenvalue weighted by molar-refractivity contribution is 5.85. The Balaban J connectivity index is 1.51. The minimum Gasteiger partial charge on any atom is -0.469 e. The quantitative estimate of drug-likeness (QED) is 0.159. The molecule has 0 bridgehead atoms. The van der Waals surface area contributed by atoms with E-state index in [0.717, 1.165) is 83.0 Å². The number of nitrogens with zero attached hydrogens (tertiary/aromatic N) is 1. The van der Waals surface area contributed by atoms with Gasteiger partial charge >= 0.3 is 5.97 Å². The molecule has 0 aromatic carbocycles. The van der Waals surface area contributed by atoms with Gasteiger partial charge in [-0.05, 0) is 131 Å². The minimum absolute atomic E-state index is 0.0856. The lowest BCUT2D eigenvalue weighted by Gasteiger charge is -2.59. The van der Waals surface area contributed by atoms with Crippen LogP contribution in [0.1, 0.15) is 117 Å². The standard InChI is InChI=1S/C33H61N3O3/c1-5-25(24(2)12-15-32(38)39-4)13-14-26-10-8-11-29-28(26)23-31(37)30-22-27(16-17-33(29,30)3)36-21-9-20-35-19-7-6-18-34/h24-26,28-31,35,37H,5-23,34H2,1-4H3. The number of carbonyl (C=O) groups is 1. The number of nitrogens with one attached hydrogen (secondary N) is 1. The molecule has 3 saturated carbocycles. The second kappa shape index (κ2) is 16.5. The van der Waals surface area contributed by atoms with Crippen LogP contribution in [0.15, 0.2) is 4.99 Å². The van der Waals surface area contributed by atoms with Crippen LogP contribution < -0.4 is 11.1 Å². The van der Waals surface area contributed by atoms with Crippen LogP contribution in [0.25, 0.3) is 0 Å². The van der Waals surface area contributed by atoms with Gasteiger partial charge in [-0.2, -0.15) is 0 Å². The molecule has 39 heavy (non-hydrogen) atoms. The number of hydrogen-bond donors (Lipinski definition) is 3. The Morgan fingerprint density at radius 1 is 1.21 bits per heavy atom. The molecule has 8 atom stereocenters. The predicted molar refractivity (Wildman–Crippen MR) is 162 cm³/mol. The Hall–Kier alpha value is -0.980. The van der Waals surface area contributed by atoms with Gasteiger partial charge < -0.3 is 20.9 Å². The number of aliphatic hydroxyl groups excluding tert-OH is 1. The molecule has 0 spiro atoms. The van der Waals surface area contributed by atoms with Gasteiger partial charge in [0.25, 0.3) is 0 Å². The van der Waals surface area contributed by atoms with E-state index in [1.807, 2.05) is 0 Å². The van der Waals surface area contributed by atoms with Crippen LogP contribution in [-0.2, 0) is 9.53 Å². The zero-order valence-corrected chi connectivity index (χ0v) is 25.8. The van der Waals surface area contributed by atoms with Crippen molar-refractivity contribution in [3.05, 3.63) is 0 Å². The molecule has 0 saturated heterocycles. The molecule has 3 aliphatic rings. The number of esters is 1. The summed E-state index contributed by atoms with van der Waals surface area (Å²) in [6.07, 6.45) is 16.6. The van der Waals surface area contributed by atoms with E-state index in [2.05, 4.69) is 26.1 Å². The number of rotatable bonds is 16. The van der Waals surface area contributed by atoms with Crippen molar-refractivity contribution < 1.29 is 14.6 Å². The molecule has 3 fully saturated rings. The van der Waals surface area contributed by atoms with E-state index in [1.54, 1.807) is 0 Å². The highest BCUT2D eigenvalue weighted by Gasteiger charge is 2.55. The van der Waals surface area contributed by atoms with Crippen molar-refractivity contribution in [2.45, 2.75) is 123 Å². The van der Waals surface area contributed by atoms with Gasteiger partial charge in [0.1, 0.15) is 0 Å². The molecule has 0 aromatic rings. The summed E-state index contributed by atoms with van der Waals surface area (Å²) in [7, 11) is 1.49. The lowest BCUT2D eigenvalue weighted by Crippen LogP contribution is -2.55. The van der Waals surface area contributed by atoms with E-state index in [4.69, 9.17) is 15.5 Å². The van der Waals surface area contributed by atoms with E-state index in [0.29, 0.717) is 30.1 Å². The molecule has 0 aliphatic heterocycles. The first kappa shape index (κ1) is 32.5. The third kappa shape index (κ3) is 9.00. The molecule has 0 radical (unpaired) electrons. The second-order valence-electron chi connectivity index (χ2n) is 13.5. The second-order valence-corrected chi connectivity index (χ2v) is 13.5. The molecular formula is C33H61N3O3. The highest BCUT2D eigenvalue weighted by Crippen LogP contribution is 2.60. The number of aliphatic hydroxyl groups is 1. The normalized spacial score (nSPS) is 33.3. The van der Waals surface area contributed by atoms with Gasteiger partial charge in [-0.1, -0.05) is 40.0 Å². The van der Waals surface area contributed by atoms with Gasteiger partial charge in [-0.25, -0.2) is 0 Å². The number of unbranched alkanes of at least 4 members (excludes halogenated alkanes) is 1. The maximum absolute atomic E-state index is 11.6.